The molecule has 0 radical (unpaired) electrons. The van der Waals surface area contributed by atoms with Crippen molar-refractivity contribution in [3.05, 3.63) is 29.8 Å². The third kappa shape index (κ3) is 2.98. The van der Waals surface area contributed by atoms with E-state index < -0.39 is 0 Å². The molecule has 1 aromatic carbocycles. The summed E-state index contributed by atoms with van der Waals surface area (Å²) in [5, 5.41) is 3.24. The molecule has 3 nitrogen and oxygen atoms in total. The van der Waals surface area contributed by atoms with Crippen LogP contribution in [-0.4, -0.2) is 25.0 Å². The fraction of sp³-hybridized carbons (Fsp3) is 0.562. The van der Waals surface area contributed by atoms with Crippen LogP contribution < -0.4 is 10.2 Å². The van der Waals surface area contributed by atoms with Gasteiger partial charge in [-0.3, -0.25) is 4.79 Å². The summed E-state index contributed by atoms with van der Waals surface area (Å²) < 4.78 is 0. The zero-order valence-corrected chi connectivity index (χ0v) is 12.4. The minimum atomic E-state index is -0.00714. The van der Waals surface area contributed by atoms with E-state index in [1.807, 2.05) is 11.8 Å². The first-order chi connectivity index (χ1) is 8.93. The van der Waals surface area contributed by atoms with E-state index in [4.69, 9.17) is 0 Å². The standard InChI is InChI=1S/C16H24N2O/c1-5-17-14-10-11-18(15(14)19)13-8-6-12(7-9-13)16(2,3)4/h6-9,14,17H,5,10-11H2,1-4H3. The number of carbonyl (C=O) groups excluding carboxylic acids is 1. The maximum absolute atomic E-state index is 12.2. The van der Waals surface area contributed by atoms with Crippen LogP contribution in [0.3, 0.4) is 0 Å². The monoisotopic (exact) mass is 260 g/mol. The molecule has 1 atom stereocenters. The zero-order chi connectivity index (χ0) is 14.0. The summed E-state index contributed by atoms with van der Waals surface area (Å²) in [6, 6.07) is 8.37. The fourth-order valence-electron chi connectivity index (χ4n) is 2.51. The smallest absolute Gasteiger partial charge is 0.244 e. The van der Waals surface area contributed by atoms with Crippen molar-refractivity contribution in [3.63, 3.8) is 0 Å². The van der Waals surface area contributed by atoms with Gasteiger partial charge in [0.1, 0.15) is 0 Å². The van der Waals surface area contributed by atoms with Gasteiger partial charge in [-0.05, 0) is 36.1 Å². The maximum atomic E-state index is 12.2. The molecule has 1 N–H and O–H groups in total. The van der Waals surface area contributed by atoms with Crippen LogP contribution in [0.15, 0.2) is 24.3 Å². The Bertz CT molecular complexity index is 445. The lowest BCUT2D eigenvalue weighted by molar-refractivity contribution is -0.118. The number of hydrogen-bond donors (Lipinski definition) is 1. The number of anilines is 1. The molecule has 2 rings (SSSR count). The highest BCUT2D eigenvalue weighted by Gasteiger charge is 2.31. The normalized spacial score (nSPS) is 20.1. The minimum absolute atomic E-state index is 0.00714. The first-order valence-corrected chi connectivity index (χ1v) is 7.09. The number of likely N-dealkylation sites (N-methyl/N-ethyl adjacent to an activating group) is 1. The van der Waals surface area contributed by atoms with E-state index >= 15 is 0 Å². The molecule has 1 aromatic rings. The summed E-state index contributed by atoms with van der Waals surface area (Å²) in [5.41, 5.74) is 2.46. The molecule has 1 saturated heterocycles. The number of amides is 1. The summed E-state index contributed by atoms with van der Waals surface area (Å²) in [7, 11) is 0. The number of benzene rings is 1. The van der Waals surface area contributed by atoms with Crippen molar-refractivity contribution in [2.24, 2.45) is 0 Å². The Kier molecular flexibility index (Phi) is 3.95. The number of rotatable bonds is 3. The first-order valence-electron chi connectivity index (χ1n) is 7.09. The Hall–Kier alpha value is -1.35. The number of nitrogens with one attached hydrogen (secondary N) is 1. The summed E-state index contributed by atoms with van der Waals surface area (Å²) in [6.07, 6.45) is 0.897. The van der Waals surface area contributed by atoms with Crippen LogP contribution in [0, 0.1) is 0 Å². The van der Waals surface area contributed by atoms with Crippen LogP contribution in [0.4, 0.5) is 5.69 Å². The van der Waals surface area contributed by atoms with Crippen LogP contribution in [0.25, 0.3) is 0 Å². The Labute approximate surface area is 116 Å². The van der Waals surface area contributed by atoms with E-state index in [-0.39, 0.29) is 17.4 Å². The Morgan fingerprint density at radius 3 is 2.42 bits per heavy atom. The molecule has 1 unspecified atom stereocenters. The van der Waals surface area contributed by atoms with E-state index in [2.05, 4.69) is 50.4 Å². The third-order valence-corrected chi connectivity index (χ3v) is 3.70. The van der Waals surface area contributed by atoms with Crippen molar-refractivity contribution < 1.29 is 4.79 Å². The Morgan fingerprint density at radius 2 is 1.89 bits per heavy atom. The summed E-state index contributed by atoms with van der Waals surface area (Å²) in [6.45, 7) is 10.3. The highest BCUT2D eigenvalue weighted by molar-refractivity contribution is 5.99. The molecule has 0 aromatic heterocycles. The molecule has 104 valence electrons. The first kappa shape index (κ1) is 14.1. The highest BCUT2D eigenvalue weighted by atomic mass is 16.2. The van der Waals surface area contributed by atoms with Gasteiger partial charge >= 0.3 is 0 Å². The maximum Gasteiger partial charge on any atom is 0.244 e. The van der Waals surface area contributed by atoms with Gasteiger partial charge in [0.05, 0.1) is 6.04 Å². The van der Waals surface area contributed by atoms with Crippen LogP contribution >= 0.6 is 0 Å². The van der Waals surface area contributed by atoms with Gasteiger partial charge in [0.2, 0.25) is 5.91 Å². The van der Waals surface area contributed by atoms with E-state index in [1.165, 1.54) is 5.56 Å². The van der Waals surface area contributed by atoms with Gasteiger partial charge in [-0.2, -0.15) is 0 Å². The fourth-order valence-corrected chi connectivity index (χ4v) is 2.51. The second kappa shape index (κ2) is 5.33. The van der Waals surface area contributed by atoms with Gasteiger partial charge in [0, 0.05) is 12.2 Å². The Morgan fingerprint density at radius 1 is 1.26 bits per heavy atom. The average molecular weight is 260 g/mol. The predicted molar refractivity (Wildman–Crippen MR) is 79.6 cm³/mol. The van der Waals surface area contributed by atoms with Crippen molar-refractivity contribution in [1.82, 2.24) is 5.32 Å². The second-order valence-electron chi connectivity index (χ2n) is 6.19. The van der Waals surface area contributed by atoms with Crippen molar-refractivity contribution in [3.8, 4) is 0 Å². The SMILES string of the molecule is CCNC1CCN(c2ccc(C(C)(C)C)cc2)C1=O. The van der Waals surface area contributed by atoms with Crippen molar-refractivity contribution in [1.29, 1.82) is 0 Å². The molecule has 0 spiro atoms. The van der Waals surface area contributed by atoms with Crippen molar-refractivity contribution in [2.75, 3.05) is 18.0 Å². The zero-order valence-electron chi connectivity index (χ0n) is 12.4. The third-order valence-electron chi connectivity index (χ3n) is 3.70. The van der Waals surface area contributed by atoms with Crippen LogP contribution in [-0.2, 0) is 10.2 Å². The lowest BCUT2D eigenvalue weighted by Crippen LogP contribution is -2.38. The highest BCUT2D eigenvalue weighted by Crippen LogP contribution is 2.27. The second-order valence-corrected chi connectivity index (χ2v) is 6.19. The van der Waals surface area contributed by atoms with Gasteiger partial charge in [-0.1, -0.05) is 39.8 Å². The van der Waals surface area contributed by atoms with Gasteiger partial charge in [0.25, 0.3) is 0 Å². The average Bonchev–Trinajstić information content (AvgIpc) is 2.71. The molecule has 19 heavy (non-hydrogen) atoms. The van der Waals surface area contributed by atoms with Gasteiger partial charge in [-0.15, -0.1) is 0 Å². The van der Waals surface area contributed by atoms with Crippen molar-refractivity contribution >= 4 is 11.6 Å². The number of hydrogen-bond acceptors (Lipinski definition) is 2. The molecule has 0 saturated carbocycles. The topological polar surface area (TPSA) is 32.3 Å². The summed E-state index contributed by atoms with van der Waals surface area (Å²) >= 11 is 0. The molecule has 1 aliphatic rings. The molecule has 1 amide bonds. The molecule has 3 heteroatoms. The lowest BCUT2D eigenvalue weighted by atomic mass is 9.87. The van der Waals surface area contributed by atoms with Gasteiger partial charge in [0.15, 0.2) is 0 Å². The van der Waals surface area contributed by atoms with Crippen molar-refractivity contribution in [2.45, 2.75) is 45.6 Å². The van der Waals surface area contributed by atoms with Gasteiger partial charge in [-0.25, -0.2) is 0 Å². The quantitative estimate of drug-likeness (QED) is 0.906. The van der Waals surface area contributed by atoms with E-state index in [0.717, 1.165) is 25.2 Å². The molecule has 0 aliphatic carbocycles. The molecular weight excluding hydrogens is 236 g/mol. The molecule has 1 aliphatic heterocycles. The van der Waals surface area contributed by atoms with Crippen LogP contribution in [0.5, 0.6) is 0 Å². The molecule has 1 fully saturated rings. The molecular formula is C16H24N2O. The molecule has 1 heterocycles. The van der Waals surface area contributed by atoms with Crippen LogP contribution in [0.2, 0.25) is 0 Å². The Balaban J connectivity index is 2.13. The summed E-state index contributed by atoms with van der Waals surface area (Å²) in [4.78, 5) is 14.1. The van der Waals surface area contributed by atoms with E-state index in [0.29, 0.717) is 0 Å². The van der Waals surface area contributed by atoms with Gasteiger partial charge < -0.3 is 10.2 Å². The number of carbonyl (C=O) groups is 1. The van der Waals surface area contributed by atoms with E-state index in [9.17, 15) is 4.79 Å². The summed E-state index contributed by atoms with van der Waals surface area (Å²) in [5.74, 6) is 0.199. The van der Waals surface area contributed by atoms with E-state index in [1.54, 1.807) is 0 Å². The molecule has 0 bridgehead atoms. The lowest BCUT2D eigenvalue weighted by Gasteiger charge is -2.21. The largest absolute Gasteiger partial charge is 0.311 e. The minimum Gasteiger partial charge on any atom is -0.311 e. The number of nitrogens with zero attached hydrogens (tertiary/aromatic N) is 1. The predicted octanol–water partition coefficient (Wildman–Crippen LogP) is 2.70. The van der Waals surface area contributed by atoms with Crippen LogP contribution in [0.1, 0.15) is 39.7 Å².